The van der Waals surface area contributed by atoms with Crippen LogP contribution in [0.15, 0.2) is 53.5 Å². The third-order valence-corrected chi connectivity index (χ3v) is 4.83. The lowest BCUT2D eigenvalue weighted by Crippen LogP contribution is -2.50. The van der Waals surface area contributed by atoms with E-state index >= 15 is 0 Å². The number of nitrogens with one attached hydrogen (secondary N) is 1. The van der Waals surface area contributed by atoms with Crippen LogP contribution in [0, 0.1) is 5.82 Å². The molecule has 3 rings (SSSR count). The summed E-state index contributed by atoms with van der Waals surface area (Å²) < 4.78 is 24.8. The average Bonchev–Trinajstić information content (AvgIpc) is 2.75. The molecule has 1 aliphatic heterocycles. The number of benzene rings is 2. The number of carbonyl (C=O) groups excluding carboxylic acids is 1. The van der Waals surface area contributed by atoms with Crippen LogP contribution in [0.2, 0.25) is 0 Å². The van der Waals surface area contributed by atoms with E-state index in [4.69, 9.17) is 20.2 Å². The first-order chi connectivity index (χ1) is 14.9. The summed E-state index contributed by atoms with van der Waals surface area (Å²) in [4.78, 5) is 17.9. The van der Waals surface area contributed by atoms with E-state index in [0.29, 0.717) is 25.4 Å². The number of nitrogens with two attached hydrogens (primary N) is 1. The van der Waals surface area contributed by atoms with Gasteiger partial charge < -0.3 is 25.4 Å². The van der Waals surface area contributed by atoms with Gasteiger partial charge in [-0.1, -0.05) is 24.3 Å². The Labute approximate surface area is 182 Å². The van der Waals surface area contributed by atoms with Gasteiger partial charge in [0.1, 0.15) is 17.7 Å². The van der Waals surface area contributed by atoms with E-state index < -0.39 is 5.91 Å². The number of halogens is 1. The highest BCUT2D eigenvalue weighted by Crippen LogP contribution is 2.25. The van der Waals surface area contributed by atoms with Gasteiger partial charge in [-0.05, 0) is 49.2 Å². The van der Waals surface area contributed by atoms with Crippen molar-refractivity contribution in [3.8, 4) is 5.75 Å². The van der Waals surface area contributed by atoms with Gasteiger partial charge >= 0.3 is 0 Å². The molecule has 0 radical (unpaired) electrons. The second kappa shape index (κ2) is 10.8. The van der Waals surface area contributed by atoms with Crippen LogP contribution in [0.3, 0.4) is 0 Å². The summed E-state index contributed by atoms with van der Waals surface area (Å²) >= 11 is 0. The Morgan fingerprint density at radius 2 is 2.06 bits per heavy atom. The fraction of sp³-hybridized carbons (Fsp3) is 0.391. The molecule has 1 fully saturated rings. The molecule has 2 unspecified atom stereocenters. The first-order valence-electron chi connectivity index (χ1n) is 10.4. The van der Waals surface area contributed by atoms with E-state index in [1.807, 2.05) is 32.0 Å². The summed E-state index contributed by atoms with van der Waals surface area (Å²) in [6.07, 6.45) is -0.170. The minimum atomic E-state index is -0.519. The molecule has 166 valence electrons. The van der Waals surface area contributed by atoms with Crippen molar-refractivity contribution in [1.29, 1.82) is 0 Å². The topological polar surface area (TPSA) is 89.2 Å². The molecular formula is C23H29FN4O3. The highest BCUT2D eigenvalue weighted by atomic mass is 19.1. The molecule has 1 heterocycles. The minimum Gasteiger partial charge on any atom is -0.484 e. The molecule has 1 saturated heterocycles. The number of ether oxygens (including phenoxy) is 2. The second-order valence-electron chi connectivity index (χ2n) is 7.46. The summed E-state index contributed by atoms with van der Waals surface area (Å²) in [6, 6.07) is 13.9. The van der Waals surface area contributed by atoms with Crippen LogP contribution in [-0.2, 0) is 16.1 Å². The SMILES string of the molecule is CCNC(=NCc1cccc(OCC(N)=O)c1)N1CC(C)OC(c2ccc(F)cc2)C1. The number of hydrogen-bond acceptors (Lipinski definition) is 4. The molecule has 1 amide bonds. The zero-order chi connectivity index (χ0) is 22.2. The van der Waals surface area contributed by atoms with Gasteiger partial charge in [-0.25, -0.2) is 9.38 Å². The Bertz CT molecular complexity index is 904. The number of primary amides is 1. The van der Waals surface area contributed by atoms with E-state index in [-0.39, 0.29) is 24.6 Å². The quantitative estimate of drug-likeness (QED) is 0.523. The Balaban J connectivity index is 1.72. The van der Waals surface area contributed by atoms with Crippen LogP contribution >= 0.6 is 0 Å². The van der Waals surface area contributed by atoms with Crippen molar-refractivity contribution in [3.63, 3.8) is 0 Å². The highest BCUT2D eigenvalue weighted by molar-refractivity contribution is 5.80. The Hall–Kier alpha value is -3.13. The van der Waals surface area contributed by atoms with Crippen molar-refractivity contribution in [2.75, 3.05) is 26.2 Å². The lowest BCUT2D eigenvalue weighted by atomic mass is 10.1. The first-order valence-corrected chi connectivity index (χ1v) is 10.4. The Morgan fingerprint density at radius 3 is 2.77 bits per heavy atom. The van der Waals surface area contributed by atoms with Crippen LogP contribution in [-0.4, -0.2) is 49.1 Å². The average molecular weight is 429 g/mol. The van der Waals surface area contributed by atoms with Crippen LogP contribution in [0.4, 0.5) is 4.39 Å². The molecule has 0 aromatic heterocycles. The maximum absolute atomic E-state index is 13.3. The predicted molar refractivity (Wildman–Crippen MR) is 117 cm³/mol. The van der Waals surface area contributed by atoms with Gasteiger partial charge in [0.05, 0.1) is 19.2 Å². The Kier molecular flexibility index (Phi) is 7.83. The summed E-state index contributed by atoms with van der Waals surface area (Å²) in [5.74, 6) is 0.581. The van der Waals surface area contributed by atoms with Crippen molar-refractivity contribution >= 4 is 11.9 Å². The van der Waals surface area contributed by atoms with Gasteiger partial charge in [0, 0.05) is 13.1 Å². The molecule has 0 aliphatic carbocycles. The molecule has 3 N–H and O–H groups in total. The van der Waals surface area contributed by atoms with E-state index in [1.165, 1.54) is 12.1 Å². The van der Waals surface area contributed by atoms with E-state index in [9.17, 15) is 9.18 Å². The number of carbonyl (C=O) groups is 1. The van der Waals surface area contributed by atoms with E-state index in [0.717, 1.165) is 23.6 Å². The largest absolute Gasteiger partial charge is 0.484 e. The smallest absolute Gasteiger partial charge is 0.255 e. The minimum absolute atomic E-state index is 0.00168. The van der Waals surface area contributed by atoms with Gasteiger partial charge in [-0.2, -0.15) is 0 Å². The molecule has 2 aromatic rings. The molecule has 1 aliphatic rings. The fourth-order valence-electron chi connectivity index (χ4n) is 3.47. The molecular weight excluding hydrogens is 399 g/mol. The van der Waals surface area contributed by atoms with Crippen LogP contribution in [0.25, 0.3) is 0 Å². The number of rotatable bonds is 7. The molecule has 2 atom stereocenters. The van der Waals surface area contributed by atoms with Crippen LogP contribution < -0.4 is 15.8 Å². The molecule has 0 bridgehead atoms. The van der Waals surface area contributed by atoms with E-state index in [2.05, 4.69) is 10.2 Å². The van der Waals surface area contributed by atoms with Gasteiger partial charge in [0.15, 0.2) is 12.6 Å². The number of aliphatic imine (C=N–C) groups is 1. The van der Waals surface area contributed by atoms with Crippen molar-refractivity contribution in [1.82, 2.24) is 10.2 Å². The third-order valence-electron chi connectivity index (χ3n) is 4.83. The number of nitrogens with zero attached hydrogens (tertiary/aromatic N) is 2. The number of morpholine rings is 1. The lowest BCUT2D eigenvalue weighted by Gasteiger charge is -2.38. The van der Waals surface area contributed by atoms with Crippen molar-refractivity contribution in [2.24, 2.45) is 10.7 Å². The summed E-state index contributed by atoms with van der Waals surface area (Å²) in [5, 5.41) is 3.35. The number of hydrogen-bond donors (Lipinski definition) is 2. The third kappa shape index (κ3) is 6.68. The van der Waals surface area contributed by atoms with E-state index in [1.54, 1.807) is 18.2 Å². The monoisotopic (exact) mass is 428 g/mol. The highest BCUT2D eigenvalue weighted by Gasteiger charge is 2.28. The zero-order valence-corrected chi connectivity index (χ0v) is 17.9. The van der Waals surface area contributed by atoms with Crippen molar-refractivity contribution in [3.05, 3.63) is 65.5 Å². The standard InChI is InChI=1S/C23H29FN4O3/c1-3-26-23(27-12-17-5-4-6-20(11-17)30-15-22(25)29)28-13-16(2)31-21(14-28)18-7-9-19(24)10-8-18/h4-11,16,21H,3,12-15H2,1-2H3,(H2,25,29)(H,26,27). The van der Waals surface area contributed by atoms with Crippen molar-refractivity contribution < 1.29 is 18.7 Å². The van der Waals surface area contributed by atoms with Gasteiger partial charge in [0.25, 0.3) is 5.91 Å². The molecule has 0 spiro atoms. The first kappa shape index (κ1) is 22.6. The summed E-state index contributed by atoms with van der Waals surface area (Å²) in [5.41, 5.74) is 7.03. The van der Waals surface area contributed by atoms with Crippen LogP contribution in [0.1, 0.15) is 31.1 Å². The van der Waals surface area contributed by atoms with Gasteiger partial charge in [0.2, 0.25) is 0 Å². The molecule has 0 saturated carbocycles. The van der Waals surface area contributed by atoms with Crippen LogP contribution in [0.5, 0.6) is 5.75 Å². The zero-order valence-electron chi connectivity index (χ0n) is 17.9. The second-order valence-corrected chi connectivity index (χ2v) is 7.46. The number of guanidine groups is 1. The molecule has 2 aromatic carbocycles. The fourth-order valence-corrected chi connectivity index (χ4v) is 3.47. The maximum atomic E-state index is 13.3. The maximum Gasteiger partial charge on any atom is 0.255 e. The van der Waals surface area contributed by atoms with Gasteiger partial charge in [-0.15, -0.1) is 0 Å². The summed E-state index contributed by atoms with van der Waals surface area (Å²) in [6.45, 7) is 6.37. The molecule has 31 heavy (non-hydrogen) atoms. The molecule has 7 nitrogen and oxygen atoms in total. The predicted octanol–water partition coefficient (Wildman–Crippen LogP) is 2.62. The Morgan fingerprint density at radius 1 is 1.29 bits per heavy atom. The number of amides is 1. The molecule has 8 heteroatoms. The summed E-state index contributed by atoms with van der Waals surface area (Å²) in [7, 11) is 0. The normalized spacial score (nSPS) is 19.2. The lowest BCUT2D eigenvalue weighted by molar-refractivity contribution is -0.119. The van der Waals surface area contributed by atoms with Crippen molar-refractivity contribution in [2.45, 2.75) is 32.6 Å². The van der Waals surface area contributed by atoms with Gasteiger partial charge in [-0.3, -0.25) is 4.79 Å².